The summed E-state index contributed by atoms with van der Waals surface area (Å²) in [6, 6.07) is 15.7. The second-order valence-electron chi connectivity index (χ2n) is 6.87. The minimum atomic E-state index is -4.34. The highest BCUT2D eigenvalue weighted by atomic mass is 19.4. The van der Waals surface area contributed by atoms with Gasteiger partial charge in [0.25, 0.3) is 0 Å². The first-order valence-electron chi connectivity index (χ1n) is 8.88. The smallest absolute Gasteiger partial charge is 0.416 e. The summed E-state index contributed by atoms with van der Waals surface area (Å²) in [4.78, 5) is 0. The van der Waals surface area contributed by atoms with E-state index in [9.17, 15) is 23.4 Å². The predicted molar refractivity (Wildman–Crippen MR) is 100 cm³/mol. The Balaban J connectivity index is 1.62. The fourth-order valence-corrected chi connectivity index (χ4v) is 3.60. The maximum Gasteiger partial charge on any atom is 0.416 e. The average Bonchev–Trinajstić information content (AvgIpc) is 2.68. The molecule has 0 fully saturated rings. The lowest BCUT2D eigenvalue weighted by Crippen LogP contribution is -2.30. The number of phenols is 2. The highest BCUT2D eigenvalue weighted by Gasteiger charge is 2.30. The Morgan fingerprint density at radius 3 is 2.00 bits per heavy atom. The molecule has 0 spiro atoms. The van der Waals surface area contributed by atoms with Crippen LogP contribution in [0, 0.1) is 0 Å². The normalized spacial score (nSPS) is 16.6. The van der Waals surface area contributed by atoms with E-state index in [0.29, 0.717) is 5.56 Å². The van der Waals surface area contributed by atoms with Gasteiger partial charge < -0.3 is 15.5 Å². The highest BCUT2D eigenvalue weighted by Crippen LogP contribution is 2.37. The number of fused-ring (bicyclic) bond motifs is 1. The molecule has 144 valence electrons. The van der Waals surface area contributed by atoms with E-state index in [0.717, 1.165) is 47.4 Å². The van der Waals surface area contributed by atoms with Crippen LogP contribution in [0.1, 0.15) is 28.3 Å². The van der Waals surface area contributed by atoms with Crippen LogP contribution in [0.3, 0.4) is 0 Å². The van der Waals surface area contributed by atoms with Crippen LogP contribution in [0.4, 0.5) is 13.2 Å². The zero-order valence-corrected chi connectivity index (χ0v) is 14.8. The Kier molecular flexibility index (Phi) is 4.51. The third-order valence-electron chi connectivity index (χ3n) is 5.08. The monoisotopic (exact) mass is 385 g/mol. The SMILES string of the molecule is Oc1cc2c(cc1O)C(c1ccc(-c3ccc(C(F)(F)F)cc3)cc1)NCC2. The van der Waals surface area contributed by atoms with E-state index in [1.54, 1.807) is 12.1 Å². The summed E-state index contributed by atoms with van der Waals surface area (Å²) in [5, 5.41) is 23.0. The first-order valence-corrected chi connectivity index (χ1v) is 8.88. The number of hydrogen-bond acceptors (Lipinski definition) is 3. The molecule has 0 saturated heterocycles. The first-order chi connectivity index (χ1) is 13.3. The van der Waals surface area contributed by atoms with Crippen molar-refractivity contribution in [2.75, 3.05) is 6.54 Å². The van der Waals surface area contributed by atoms with Gasteiger partial charge in [-0.05, 0) is 58.5 Å². The first kappa shape index (κ1) is 18.4. The molecule has 0 aromatic heterocycles. The van der Waals surface area contributed by atoms with Crippen molar-refractivity contribution in [1.82, 2.24) is 5.32 Å². The molecule has 0 amide bonds. The molecule has 3 aromatic rings. The molecular weight excluding hydrogens is 367 g/mol. The number of rotatable bonds is 2. The molecule has 3 nitrogen and oxygen atoms in total. The van der Waals surface area contributed by atoms with E-state index in [4.69, 9.17) is 0 Å². The third kappa shape index (κ3) is 3.43. The molecule has 0 radical (unpaired) electrons. The van der Waals surface area contributed by atoms with E-state index >= 15 is 0 Å². The van der Waals surface area contributed by atoms with Gasteiger partial charge in [0.1, 0.15) is 0 Å². The number of phenolic OH excluding ortho intramolecular Hbond substituents is 2. The zero-order valence-electron chi connectivity index (χ0n) is 14.8. The van der Waals surface area contributed by atoms with E-state index in [2.05, 4.69) is 5.32 Å². The highest BCUT2D eigenvalue weighted by molar-refractivity contribution is 5.64. The lowest BCUT2D eigenvalue weighted by atomic mass is 9.88. The molecule has 28 heavy (non-hydrogen) atoms. The lowest BCUT2D eigenvalue weighted by molar-refractivity contribution is -0.137. The second-order valence-corrected chi connectivity index (χ2v) is 6.87. The van der Waals surface area contributed by atoms with Crippen LogP contribution in [-0.2, 0) is 12.6 Å². The van der Waals surface area contributed by atoms with Gasteiger partial charge in [-0.3, -0.25) is 0 Å². The van der Waals surface area contributed by atoms with Gasteiger partial charge in [0, 0.05) is 6.54 Å². The average molecular weight is 385 g/mol. The van der Waals surface area contributed by atoms with Gasteiger partial charge in [0.2, 0.25) is 0 Å². The number of benzene rings is 3. The van der Waals surface area contributed by atoms with Gasteiger partial charge in [-0.1, -0.05) is 36.4 Å². The van der Waals surface area contributed by atoms with E-state index in [-0.39, 0.29) is 17.5 Å². The molecule has 0 aliphatic carbocycles. The van der Waals surface area contributed by atoms with Crippen molar-refractivity contribution in [2.24, 2.45) is 0 Å². The fraction of sp³-hybridized carbons (Fsp3) is 0.182. The molecule has 4 rings (SSSR count). The lowest BCUT2D eigenvalue weighted by Gasteiger charge is -2.28. The zero-order chi connectivity index (χ0) is 19.9. The van der Waals surface area contributed by atoms with Crippen molar-refractivity contribution in [1.29, 1.82) is 0 Å². The predicted octanol–water partition coefficient (Wildman–Crippen LogP) is 5.02. The Bertz CT molecular complexity index is 996. The Morgan fingerprint density at radius 1 is 0.821 bits per heavy atom. The topological polar surface area (TPSA) is 52.5 Å². The van der Waals surface area contributed by atoms with Gasteiger partial charge >= 0.3 is 6.18 Å². The summed E-state index contributed by atoms with van der Waals surface area (Å²) in [5.74, 6) is -0.286. The number of hydrogen-bond donors (Lipinski definition) is 3. The molecule has 1 aliphatic heterocycles. The van der Waals surface area contributed by atoms with E-state index in [1.807, 2.05) is 24.3 Å². The van der Waals surface area contributed by atoms with Crippen LogP contribution >= 0.6 is 0 Å². The molecule has 3 N–H and O–H groups in total. The summed E-state index contributed by atoms with van der Waals surface area (Å²) in [6.45, 7) is 0.739. The van der Waals surface area contributed by atoms with Crippen molar-refractivity contribution in [3.05, 3.63) is 82.9 Å². The summed E-state index contributed by atoms with van der Waals surface area (Å²) in [6.07, 6.45) is -3.59. The second kappa shape index (κ2) is 6.87. The summed E-state index contributed by atoms with van der Waals surface area (Å²) in [7, 11) is 0. The van der Waals surface area contributed by atoms with E-state index in [1.165, 1.54) is 12.1 Å². The number of halogens is 3. The molecular formula is C22H18F3NO2. The van der Waals surface area contributed by atoms with Gasteiger partial charge in [-0.25, -0.2) is 0 Å². The van der Waals surface area contributed by atoms with Crippen LogP contribution < -0.4 is 5.32 Å². The Hall–Kier alpha value is -2.99. The molecule has 0 bridgehead atoms. The van der Waals surface area contributed by atoms with E-state index < -0.39 is 11.7 Å². The minimum absolute atomic E-state index is 0.128. The van der Waals surface area contributed by atoms with Crippen LogP contribution in [0.5, 0.6) is 11.5 Å². The maximum absolute atomic E-state index is 12.7. The number of nitrogens with one attached hydrogen (secondary N) is 1. The van der Waals surface area contributed by atoms with Crippen LogP contribution in [0.15, 0.2) is 60.7 Å². The quantitative estimate of drug-likeness (QED) is 0.543. The molecule has 1 atom stereocenters. The van der Waals surface area contributed by atoms with Crippen molar-refractivity contribution in [3.63, 3.8) is 0 Å². The Labute approximate surface area is 160 Å². The molecule has 1 aliphatic rings. The molecule has 1 unspecified atom stereocenters. The van der Waals surface area contributed by atoms with Crippen LogP contribution in [-0.4, -0.2) is 16.8 Å². The van der Waals surface area contributed by atoms with Crippen molar-refractivity contribution < 1.29 is 23.4 Å². The van der Waals surface area contributed by atoms with Crippen molar-refractivity contribution in [3.8, 4) is 22.6 Å². The minimum Gasteiger partial charge on any atom is -0.504 e. The van der Waals surface area contributed by atoms with Gasteiger partial charge in [-0.2, -0.15) is 13.2 Å². The molecule has 1 heterocycles. The Morgan fingerprint density at radius 2 is 1.39 bits per heavy atom. The van der Waals surface area contributed by atoms with Crippen LogP contribution in [0.25, 0.3) is 11.1 Å². The van der Waals surface area contributed by atoms with Crippen LogP contribution in [0.2, 0.25) is 0 Å². The summed E-state index contributed by atoms with van der Waals surface area (Å²) < 4.78 is 38.1. The molecule has 0 saturated carbocycles. The largest absolute Gasteiger partial charge is 0.504 e. The van der Waals surface area contributed by atoms with Gasteiger partial charge in [0.15, 0.2) is 11.5 Å². The third-order valence-corrected chi connectivity index (χ3v) is 5.08. The standard InChI is InChI=1S/C22H18F3NO2/c23-22(24,25)17-7-5-14(6-8-17)13-1-3-15(4-2-13)21-18-12-20(28)19(27)11-16(18)9-10-26-21/h1-8,11-12,21,26-28H,9-10H2. The van der Waals surface area contributed by atoms with Gasteiger partial charge in [-0.15, -0.1) is 0 Å². The fourth-order valence-electron chi connectivity index (χ4n) is 3.60. The van der Waals surface area contributed by atoms with Crippen molar-refractivity contribution >= 4 is 0 Å². The number of alkyl halides is 3. The summed E-state index contributed by atoms with van der Waals surface area (Å²) in [5.41, 5.74) is 3.72. The number of aromatic hydroxyl groups is 2. The summed E-state index contributed by atoms with van der Waals surface area (Å²) >= 11 is 0. The molecule has 6 heteroatoms. The molecule has 3 aromatic carbocycles. The van der Waals surface area contributed by atoms with Gasteiger partial charge in [0.05, 0.1) is 11.6 Å². The maximum atomic E-state index is 12.7. The van der Waals surface area contributed by atoms with Crippen molar-refractivity contribution in [2.45, 2.75) is 18.6 Å².